The Morgan fingerprint density at radius 1 is 1.35 bits per heavy atom. The molecule has 2 rings (SSSR count). The Morgan fingerprint density at radius 2 is 2.15 bits per heavy atom. The van der Waals surface area contributed by atoms with Crippen molar-refractivity contribution in [3.05, 3.63) is 29.2 Å². The zero-order chi connectivity index (χ0) is 14.5. The number of pyridine rings is 1. The van der Waals surface area contributed by atoms with E-state index in [4.69, 9.17) is 16.1 Å². The molecule has 108 valence electrons. The fraction of sp³-hybridized carbons (Fsp3) is 0.500. The first-order chi connectivity index (χ1) is 9.61. The van der Waals surface area contributed by atoms with Crippen molar-refractivity contribution < 1.29 is 4.52 Å². The highest BCUT2D eigenvalue weighted by atomic mass is 35.5. The lowest BCUT2D eigenvalue weighted by molar-refractivity contribution is 0.331. The molecule has 0 aliphatic heterocycles. The average Bonchev–Trinajstić information content (AvgIpc) is 2.94. The van der Waals surface area contributed by atoms with Gasteiger partial charge in [-0.2, -0.15) is 4.98 Å². The van der Waals surface area contributed by atoms with Crippen molar-refractivity contribution in [2.45, 2.75) is 39.2 Å². The Morgan fingerprint density at radius 3 is 2.80 bits per heavy atom. The molecule has 0 spiro atoms. The van der Waals surface area contributed by atoms with Crippen LogP contribution in [-0.2, 0) is 0 Å². The van der Waals surface area contributed by atoms with Gasteiger partial charge in [0.1, 0.15) is 5.69 Å². The zero-order valence-corrected chi connectivity index (χ0v) is 12.7. The van der Waals surface area contributed by atoms with Crippen molar-refractivity contribution in [2.75, 3.05) is 6.54 Å². The molecule has 5 nitrogen and oxygen atoms in total. The summed E-state index contributed by atoms with van der Waals surface area (Å²) in [6.45, 7) is 7.30. The molecule has 0 aliphatic rings. The highest BCUT2D eigenvalue weighted by Gasteiger charge is 2.20. The van der Waals surface area contributed by atoms with Gasteiger partial charge in [0.2, 0.25) is 11.7 Å². The smallest absolute Gasteiger partial charge is 0.231 e. The van der Waals surface area contributed by atoms with Gasteiger partial charge in [0.15, 0.2) is 0 Å². The summed E-state index contributed by atoms with van der Waals surface area (Å²) in [6.07, 6.45) is 2.67. The van der Waals surface area contributed by atoms with Crippen LogP contribution < -0.4 is 5.32 Å². The van der Waals surface area contributed by atoms with Crippen molar-refractivity contribution in [1.29, 1.82) is 0 Å². The third-order valence-corrected chi connectivity index (χ3v) is 3.48. The summed E-state index contributed by atoms with van der Waals surface area (Å²) in [5, 5.41) is 7.99. The van der Waals surface area contributed by atoms with Gasteiger partial charge >= 0.3 is 0 Å². The molecule has 20 heavy (non-hydrogen) atoms. The number of nitrogens with one attached hydrogen (secondary N) is 1. The van der Waals surface area contributed by atoms with Gasteiger partial charge in [-0.3, -0.25) is 4.98 Å². The van der Waals surface area contributed by atoms with E-state index >= 15 is 0 Å². The molecule has 0 radical (unpaired) electrons. The molecule has 0 bridgehead atoms. The standard InChI is InChI=1S/C14H19ClN4O/c1-4-7-16-10(3)9(2)14-18-13(19-20-14)12-6-5-11(15)8-17-12/h5-6,8-10,16H,4,7H2,1-3H3. The number of hydrogen-bond acceptors (Lipinski definition) is 5. The second-order valence-electron chi connectivity index (χ2n) is 4.85. The monoisotopic (exact) mass is 294 g/mol. The van der Waals surface area contributed by atoms with E-state index < -0.39 is 0 Å². The largest absolute Gasteiger partial charge is 0.339 e. The van der Waals surface area contributed by atoms with Gasteiger partial charge in [-0.1, -0.05) is 30.6 Å². The fourth-order valence-electron chi connectivity index (χ4n) is 1.79. The summed E-state index contributed by atoms with van der Waals surface area (Å²) in [5.41, 5.74) is 0.658. The SMILES string of the molecule is CCCNC(C)C(C)c1nc(-c2ccc(Cl)cn2)no1. The van der Waals surface area contributed by atoms with E-state index in [1.165, 1.54) is 0 Å². The summed E-state index contributed by atoms with van der Waals surface area (Å²) >= 11 is 5.81. The summed E-state index contributed by atoms with van der Waals surface area (Å²) in [6, 6.07) is 3.82. The number of nitrogens with zero attached hydrogens (tertiary/aromatic N) is 3. The van der Waals surface area contributed by atoms with Crippen LogP contribution in [0.5, 0.6) is 0 Å². The third-order valence-electron chi connectivity index (χ3n) is 3.25. The van der Waals surface area contributed by atoms with Crippen molar-refractivity contribution >= 4 is 11.6 Å². The number of rotatable bonds is 6. The maximum Gasteiger partial charge on any atom is 0.231 e. The van der Waals surface area contributed by atoms with E-state index in [2.05, 4.69) is 41.2 Å². The number of halogens is 1. The minimum absolute atomic E-state index is 0.148. The lowest BCUT2D eigenvalue weighted by atomic mass is 10.0. The summed E-state index contributed by atoms with van der Waals surface area (Å²) in [5.74, 6) is 1.26. The molecule has 0 aliphatic carbocycles. The van der Waals surface area contributed by atoms with Gasteiger partial charge in [-0.25, -0.2) is 0 Å². The maximum absolute atomic E-state index is 5.81. The first-order valence-electron chi connectivity index (χ1n) is 6.80. The van der Waals surface area contributed by atoms with E-state index in [1.807, 2.05) is 0 Å². The van der Waals surface area contributed by atoms with Crippen LogP contribution in [0.1, 0.15) is 39.0 Å². The molecule has 0 aromatic carbocycles. The molecule has 0 saturated carbocycles. The quantitative estimate of drug-likeness (QED) is 0.886. The molecular weight excluding hydrogens is 276 g/mol. The van der Waals surface area contributed by atoms with Gasteiger partial charge in [0.25, 0.3) is 0 Å². The van der Waals surface area contributed by atoms with Crippen LogP contribution in [0.3, 0.4) is 0 Å². The Bertz CT molecular complexity index is 540. The average molecular weight is 295 g/mol. The van der Waals surface area contributed by atoms with Crippen LogP contribution in [0.25, 0.3) is 11.5 Å². The van der Waals surface area contributed by atoms with Gasteiger partial charge in [0.05, 0.1) is 10.9 Å². The molecule has 0 amide bonds. The lowest BCUT2D eigenvalue weighted by Gasteiger charge is -2.17. The summed E-state index contributed by atoms with van der Waals surface area (Å²) < 4.78 is 5.34. The van der Waals surface area contributed by atoms with Crippen LogP contribution in [0.2, 0.25) is 5.02 Å². The van der Waals surface area contributed by atoms with Crippen LogP contribution in [0, 0.1) is 0 Å². The van der Waals surface area contributed by atoms with Crippen LogP contribution >= 0.6 is 11.6 Å². The molecule has 0 fully saturated rings. The van der Waals surface area contributed by atoms with E-state index in [0.29, 0.717) is 22.4 Å². The third kappa shape index (κ3) is 3.55. The van der Waals surface area contributed by atoms with E-state index in [9.17, 15) is 0 Å². The van der Waals surface area contributed by atoms with E-state index in [0.717, 1.165) is 13.0 Å². The Kier molecular flexibility index (Phi) is 5.09. The van der Waals surface area contributed by atoms with E-state index in [-0.39, 0.29) is 12.0 Å². The molecular formula is C14H19ClN4O. The lowest BCUT2D eigenvalue weighted by Crippen LogP contribution is -2.31. The molecule has 2 unspecified atom stereocenters. The number of aromatic nitrogens is 3. The van der Waals surface area contributed by atoms with Crippen molar-refractivity contribution in [3.63, 3.8) is 0 Å². The summed E-state index contributed by atoms with van der Waals surface area (Å²) in [4.78, 5) is 8.60. The first-order valence-corrected chi connectivity index (χ1v) is 7.18. The first kappa shape index (κ1) is 14.9. The predicted octanol–water partition coefficient (Wildman–Crippen LogP) is 3.28. The van der Waals surface area contributed by atoms with Crippen LogP contribution in [0.15, 0.2) is 22.9 Å². The van der Waals surface area contributed by atoms with Crippen LogP contribution in [-0.4, -0.2) is 27.7 Å². The van der Waals surface area contributed by atoms with E-state index in [1.54, 1.807) is 18.3 Å². The molecule has 1 N–H and O–H groups in total. The Labute approximate surface area is 123 Å². The van der Waals surface area contributed by atoms with Crippen molar-refractivity contribution in [3.8, 4) is 11.5 Å². The molecule has 2 aromatic heterocycles. The number of hydrogen-bond donors (Lipinski definition) is 1. The zero-order valence-electron chi connectivity index (χ0n) is 11.9. The maximum atomic E-state index is 5.81. The fourth-order valence-corrected chi connectivity index (χ4v) is 1.91. The predicted molar refractivity (Wildman–Crippen MR) is 78.7 cm³/mol. The highest BCUT2D eigenvalue weighted by Crippen LogP contribution is 2.21. The van der Waals surface area contributed by atoms with Crippen molar-refractivity contribution in [1.82, 2.24) is 20.4 Å². The van der Waals surface area contributed by atoms with Crippen LogP contribution in [0.4, 0.5) is 0 Å². The second kappa shape index (κ2) is 6.81. The highest BCUT2D eigenvalue weighted by molar-refractivity contribution is 6.30. The molecule has 6 heteroatoms. The minimum Gasteiger partial charge on any atom is -0.339 e. The normalized spacial score (nSPS) is 14.2. The van der Waals surface area contributed by atoms with Gasteiger partial charge in [-0.05, 0) is 32.0 Å². The second-order valence-corrected chi connectivity index (χ2v) is 5.29. The molecule has 2 heterocycles. The Hall–Kier alpha value is -1.46. The van der Waals surface area contributed by atoms with Gasteiger partial charge in [0, 0.05) is 12.2 Å². The Balaban J connectivity index is 2.10. The topological polar surface area (TPSA) is 63.8 Å². The van der Waals surface area contributed by atoms with Gasteiger partial charge < -0.3 is 9.84 Å². The molecule has 2 aromatic rings. The minimum atomic E-state index is 0.148. The van der Waals surface area contributed by atoms with Gasteiger partial charge in [-0.15, -0.1) is 0 Å². The molecule has 2 atom stereocenters. The van der Waals surface area contributed by atoms with Crippen molar-refractivity contribution in [2.24, 2.45) is 0 Å². The summed E-state index contributed by atoms with van der Waals surface area (Å²) in [7, 11) is 0. The molecule has 0 saturated heterocycles.